The van der Waals surface area contributed by atoms with Gasteiger partial charge in [0.05, 0.1) is 59.4 Å². The molecule has 8 nitrogen and oxygen atoms in total. The van der Waals surface area contributed by atoms with Crippen molar-refractivity contribution < 1.29 is 37.4 Å². The number of carboxylic acid groups (broad SMARTS) is 1. The smallest absolute Gasteiger partial charge is 0.306 e. The first-order valence-corrected chi connectivity index (χ1v) is 14.2. The van der Waals surface area contributed by atoms with Gasteiger partial charge < -0.3 is 24.6 Å². The Morgan fingerprint density at radius 1 is 1.12 bits per heavy atom. The van der Waals surface area contributed by atoms with Gasteiger partial charge in [0.15, 0.2) is 0 Å². The van der Waals surface area contributed by atoms with Gasteiger partial charge in [0.25, 0.3) is 5.91 Å². The zero-order chi connectivity index (χ0) is 30.1. The number of ether oxygens (including phenoxy) is 1. The summed E-state index contributed by atoms with van der Waals surface area (Å²) >= 11 is 6.35. The van der Waals surface area contributed by atoms with Crippen LogP contribution in [0.25, 0.3) is 10.9 Å². The number of alkyl halides is 1. The molecule has 2 N–H and O–H groups in total. The minimum atomic E-state index is -1.24. The lowest BCUT2D eigenvalue weighted by atomic mass is 9.87. The van der Waals surface area contributed by atoms with Gasteiger partial charge in [0.2, 0.25) is 5.91 Å². The minimum absolute atomic E-state index is 0.0186. The van der Waals surface area contributed by atoms with Crippen molar-refractivity contribution in [1.82, 2.24) is 9.47 Å². The normalized spacial score (nSPS) is 22.5. The number of carbonyl (C=O) groups excluding carboxylic acids is 2. The summed E-state index contributed by atoms with van der Waals surface area (Å²) in [6.45, 7) is -0.0266. The molecule has 1 saturated heterocycles. The molecule has 0 unspecified atom stereocenters. The topological polar surface area (TPSA) is 101 Å². The van der Waals surface area contributed by atoms with E-state index >= 15 is 4.39 Å². The van der Waals surface area contributed by atoms with Crippen LogP contribution in [0, 0.1) is 17.6 Å². The SMILES string of the molecule is Cn1cc(C(=O)Nc2cc(F)c(CC(=O)N3C[C@@H](F)C[C@H]3COC3CCC(C(=O)O)CC3)cc2Cl)c2c(F)cccc21. The summed E-state index contributed by atoms with van der Waals surface area (Å²) in [4.78, 5) is 38.6. The average Bonchev–Trinajstić information content (AvgIpc) is 3.50. The number of benzene rings is 2. The predicted octanol–water partition coefficient (Wildman–Crippen LogP) is 5.50. The number of carbonyl (C=O) groups is 3. The number of likely N-dealkylation sites (tertiary alicyclic amines) is 1. The van der Waals surface area contributed by atoms with Crippen molar-refractivity contribution in [3.63, 3.8) is 0 Å². The fourth-order valence-electron chi connectivity index (χ4n) is 5.89. The molecule has 2 fully saturated rings. The largest absolute Gasteiger partial charge is 0.481 e. The van der Waals surface area contributed by atoms with E-state index in [0.29, 0.717) is 31.2 Å². The van der Waals surface area contributed by atoms with Crippen LogP contribution in [0.15, 0.2) is 36.5 Å². The molecular formula is C30H31ClF3N3O5. The number of hydrogen-bond donors (Lipinski definition) is 2. The lowest BCUT2D eigenvalue weighted by Gasteiger charge is -2.30. The van der Waals surface area contributed by atoms with E-state index < -0.39 is 41.6 Å². The third-order valence-electron chi connectivity index (χ3n) is 8.17. The van der Waals surface area contributed by atoms with E-state index in [2.05, 4.69) is 5.32 Å². The molecule has 2 amide bonds. The number of aromatic nitrogens is 1. The predicted molar refractivity (Wildman–Crippen MR) is 150 cm³/mol. The Balaban J connectivity index is 1.23. The van der Waals surface area contributed by atoms with Crippen LogP contribution in [0.2, 0.25) is 5.02 Å². The Labute approximate surface area is 245 Å². The molecule has 1 aliphatic heterocycles. The molecule has 2 aromatic carbocycles. The van der Waals surface area contributed by atoms with Crippen LogP contribution in [-0.2, 0) is 27.8 Å². The van der Waals surface area contributed by atoms with E-state index in [9.17, 15) is 23.2 Å². The first-order chi connectivity index (χ1) is 20.0. The average molecular weight is 606 g/mol. The van der Waals surface area contributed by atoms with Crippen molar-refractivity contribution >= 4 is 46.0 Å². The Bertz CT molecular complexity index is 1520. The van der Waals surface area contributed by atoms with E-state index in [0.717, 1.165) is 6.07 Å². The van der Waals surface area contributed by atoms with Crippen molar-refractivity contribution in [3.8, 4) is 0 Å². The number of hydrogen-bond acceptors (Lipinski definition) is 4. The molecule has 0 radical (unpaired) electrons. The van der Waals surface area contributed by atoms with Crippen molar-refractivity contribution in [2.45, 2.75) is 56.8 Å². The number of fused-ring (bicyclic) bond motifs is 1. The number of nitrogens with one attached hydrogen (secondary N) is 1. The zero-order valence-corrected chi connectivity index (χ0v) is 23.7. The Hall–Kier alpha value is -3.57. The van der Waals surface area contributed by atoms with E-state index in [4.69, 9.17) is 21.4 Å². The summed E-state index contributed by atoms with van der Waals surface area (Å²) in [7, 11) is 1.67. The maximum Gasteiger partial charge on any atom is 0.306 e. The highest BCUT2D eigenvalue weighted by molar-refractivity contribution is 6.34. The quantitative estimate of drug-likeness (QED) is 0.353. The molecule has 1 aliphatic carbocycles. The molecule has 12 heteroatoms. The number of anilines is 1. The molecule has 2 heterocycles. The number of aliphatic carboxylic acids is 1. The molecular weight excluding hydrogens is 575 g/mol. The first kappa shape index (κ1) is 29.9. The molecule has 224 valence electrons. The number of nitrogens with zero attached hydrogens (tertiary/aromatic N) is 2. The fraction of sp³-hybridized carbons (Fsp3) is 0.433. The first-order valence-electron chi connectivity index (χ1n) is 13.8. The number of carboxylic acids is 1. The molecule has 5 rings (SSSR count). The molecule has 42 heavy (non-hydrogen) atoms. The number of aryl methyl sites for hydroxylation is 1. The maximum absolute atomic E-state index is 15.1. The third kappa shape index (κ3) is 6.27. The maximum atomic E-state index is 15.1. The van der Waals surface area contributed by atoms with Crippen LogP contribution in [0.1, 0.15) is 48.0 Å². The van der Waals surface area contributed by atoms with E-state index in [1.807, 2.05) is 0 Å². The van der Waals surface area contributed by atoms with Gasteiger partial charge in [-0.2, -0.15) is 0 Å². The molecule has 1 aromatic heterocycles. The second kappa shape index (κ2) is 12.3. The van der Waals surface area contributed by atoms with Crippen LogP contribution in [-0.4, -0.2) is 63.8 Å². The van der Waals surface area contributed by atoms with Crippen molar-refractivity contribution in [1.29, 1.82) is 0 Å². The summed E-state index contributed by atoms with van der Waals surface area (Å²) in [5, 5.41) is 11.8. The molecule has 3 aromatic rings. The lowest BCUT2D eigenvalue weighted by Crippen LogP contribution is -2.40. The van der Waals surface area contributed by atoms with Gasteiger partial charge in [-0.25, -0.2) is 13.2 Å². The lowest BCUT2D eigenvalue weighted by molar-refractivity contribution is -0.144. The highest BCUT2D eigenvalue weighted by atomic mass is 35.5. The summed E-state index contributed by atoms with van der Waals surface area (Å²) in [5.74, 6) is -3.73. The van der Waals surface area contributed by atoms with Crippen molar-refractivity contribution in [2.75, 3.05) is 18.5 Å². The van der Waals surface area contributed by atoms with Crippen LogP contribution >= 0.6 is 11.6 Å². The third-order valence-corrected chi connectivity index (χ3v) is 8.48. The Morgan fingerprint density at radius 2 is 1.86 bits per heavy atom. The van der Waals surface area contributed by atoms with Gasteiger partial charge in [-0.3, -0.25) is 14.4 Å². The van der Waals surface area contributed by atoms with Crippen molar-refractivity contribution in [2.24, 2.45) is 13.0 Å². The molecule has 0 bridgehead atoms. The van der Waals surface area contributed by atoms with Crippen LogP contribution in [0.3, 0.4) is 0 Å². The van der Waals surface area contributed by atoms with Crippen LogP contribution in [0.4, 0.5) is 18.9 Å². The number of halogens is 4. The van der Waals surface area contributed by atoms with Crippen LogP contribution in [0.5, 0.6) is 0 Å². The highest BCUT2D eigenvalue weighted by Gasteiger charge is 2.37. The Morgan fingerprint density at radius 3 is 2.57 bits per heavy atom. The number of rotatable bonds is 8. The summed E-state index contributed by atoms with van der Waals surface area (Å²) in [5.41, 5.74) is 0.503. The summed E-state index contributed by atoms with van der Waals surface area (Å²) in [6, 6.07) is 6.16. The summed E-state index contributed by atoms with van der Waals surface area (Å²) in [6.07, 6.45) is 1.98. The molecule has 2 aliphatic rings. The van der Waals surface area contributed by atoms with E-state index in [1.54, 1.807) is 17.7 Å². The second-order valence-electron chi connectivity index (χ2n) is 11.0. The molecule has 1 saturated carbocycles. The van der Waals surface area contributed by atoms with Gasteiger partial charge >= 0.3 is 5.97 Å². The van der Waals surface area contributed by atoms with Crippen molar-refractivity contribution in [3.05, 3.63) is 64.3 Å². The van der Waals surface area contributed by atoms with Gasteiger partial charge in [-0.05, 0) is 55.5 Å². The van der Waals surface area contributed by atoms with Crippen LogP contribution < -0.4 is 5.32 Å². The van der Waals surface area contributed by atoms with E-state index in [1.165, 1.54) is 29.3 Å². The zero-order valence-electron chi connectivity index (χ0n) is 22.9. The van der Waals surface area contributed by atoms with Gasteiger partial charge in [-0.15, -0.1) is 0 Å². The van der Waals surface area contributed by atoms with Gasteiger partial charge in [0.1, 0.15) is 17.8 Å². The Kier molecular flexibility index (Phi) is 8.79. The van der Waals surface area contributed by atoms with Gasteiger partial charge in [0, 0.05) is 25.1 Å². The van der Waals surface area contributed by atoms with Gasteiger partial charge in [-0.1, -0.05) is 17.7 Å². The molecule has 0 spiro atoms. The summed E-state index contributed by atoms with van der Waals surface area (Å²) < 4.78 is 51.5. The highest BCUT2D eigenvalue weighted by Crippen LogP contribution is 2.31. The monoisotopic (exact) mass is 605 g/mol. The molecule has 2 atom stereocenters. The second-order valence-corrected chi connectivity index (χ2v) is 11.4. The standard InChI is InChI=1S/C30H31ClF3N3O5/c1-36-14-21(28-23(33)3-2-4-26(28)36)29(39)35-25-12-24(34)17(9-22(25)31)10-27(38)37-13-18(32)11-19(37)15-42-20-7-5-16(6-8-20)30(40)41/h2-4,9,12,14,16,18-20H,5-8,10-11,13,15H2,1H3,(H,35,39)(H,40,41)/t16?,18-,19-,20?/m0/s1. The number of amides is 2. The minimum Gasteiger partial charge on any atom is -0.481 e. The van der Waals surface area contributed by atoms with E-state index in [-0.39, 0.29) is 65.2 Å². The fourth-order valence-corrected chi connectivity index (χ4v) is 6.13.